The van der Waals surface area contributed by atoms with Crippen molar-refractivity contribution < 1.29 is 4.74 Å². The van der Waals surface area contributed by atoms with Crippen molar-refractivity contribution in [2.24, 2.45) is 0 Å². The van der Waals surface area contributed by atoms with Crippen LogP contribution in [0.2, 0.25) is 0 Å². The lowest BCUT2D eigenvalue weighted by Gasteiger charge is -2.20. The number of hydrogen-bond donors (Lipinski definition) is 2. The summed E-state index contributed by atoms with van der Waals surface area (Å²) in [6.45, 7) is 2.86. The summed E-state index contributed by atoms with van der Waals surface area (Å²) in [7, 11) is 0. The Morgan fingerprint density at radius 3 is 3.07 bits per heavy atom. The van der Waals surface area contributed by atoms with Crippen molar-refractivity contribution in [1.29, 1.82) is 0 Å². The predicted octanol–water partition coefficient (Wildman–Crippen LogP) is 2.35. The van der Waals surface area contributed by atoms with E-state index in [1.807, 2.05) is 6.20 Å². The third-order valence-electron chi connectivity index (χ3n) is 2.38. The normalized spacial score (nSPS) is 22.1. The minimum Gasteiger partial charge on any atom is -0.373 e. The Balaban J connectivity index is 1.96. The Labute approximate surface area is 88.2 Å². The number of nitrogens with one attached hydrogen (secondary N) is 2. The number of rotatable bonds is 2. The molecular formula is C10H14N2OS. The van der Waals surface area contributed by atoms with E-state index in [4.69, 9.17) is 17.0 Å². The summed E-state index contributed by atoms with van der Waals surface area (Å²) in [4.78, 5) is 6.05. The van der Waals surface area contributed by atoms with E-state index < -0.39 is 0 Å². The molecule has 3 nitrogen and oxygen atoms in total. The van der Waals surface area contributed by atoms with Crippen LogP contribution in [-0.2, 0) is 11.2 Å². The molecule has 1 aliphatic rings. The Morgan fingerprint density at radius 2 is 2.50 bits per heavy atom. The van der Waals surface area contributed by atoms with E-state index in [1.54, 1.807) is 0 Å². The van der Waals surface area contributed by atoms with Gasteiger partial charge in [-0.3, -0.25) is 0 Å². The van der Waals surface area contributed by atoms with Gasteiger partial charge in [-0.1, -0.05) is 11.6 Å². The van der Waals surface area contributed by atoms with Crippen molar-refractivity contribution in [3.05, 3.63) is 28.3 Å². The van der Waals surface area contributed by atoms with Gasteiger partial charge in [-0.2, -0.15) is 0 Å². The third-order valence-corrected chi connectivity index (χ3v) is 2.59. The molecular weight excluding hydrogens is 196 g/mol. The molecule has 2 heterocycles. The van der Waals surface area contributed by atoms with E-state index in [1.165, 1.54) is 5.57 Å². The fourth-order valence-electron chi connectivity index (χ4n) is 1.58. The van der Waals surface area contributed by atoms with Gasteiger partial charge in [0, 0.05) is 18.3 Å². The van der Waals surface area contributed by atoms with Crippen LogP contribution in [0.15, 0.2) is 17.8 Å². The minimum absolute atomic E-state index is 0.292. The molecule has 4 heteroatoms. The first kappa shape index (κ1) is 9.68. The zero-order valence-electron chi connectivity index (χ0n) is 8.17. The molecule has 0 amide bonds. The Bertz CT molecular complexity index is 391. The van der Waals surface area contributed by atoms with Crippen LogP contribution in [-0.4, -0.2) is 22.7 Å². The topological polar surface area (TPSA) is 40.8 Å². The van der Waals surface area contributed by atoms with Crippen molar-refractivity contribution >= 4 is 12.2 Å². The molecule has 0 aromatic carbocycles. The molecule has 0 saturated heterocycles. The maximum atomic E-state index is 5.67. The SMILES string of the molecule is CC1=CCC(Cc2c[nH]c(=S)[nH]2)OC1. The fraction of sp³-hybridized carbons (Fsp3) is 0.500. The molecule has 14 heavy (non-hydrogen) atoms. The van der Waals surface area contributed by atoms with Crippen molar-refractivity contribution in [3.63, 3.8) is 0 Å². The first-order chi connectivity index (χ1) is 6.74. The maximum absolute atomic E-state index is 5.67. The summed E-state index contributed by atoms with van der Waals surface area (Å²) >= 11 is 4.96. The van der Waals surface area contributed by atoms with Crippen LogP contribution in [0.25, 0.3) is 0 Å². The average molecular weight is 210 g/mol. The molecule has 0 radical (unpaired) electrons. The second-order valence-corrected chi connectivity index (χ2v) is 4.10. The molecule has 0 saturated carbocycles. The molecule has 0 bridgehead atoms. The number of aromatic nitrogens is 2. The first-order valence-corrected chi connectivity index (χ1v) is 5.18. The number of aromatic amines is 2. The predicted molar refractivity (Wildman–Crippen MR) is 57.8 cm³/mol. The van der Waals surface area contributed by atoms with Gasteiger partial charge in [0.2, 0.25) is 0 Å². The summed E-state index contributed by atoms with van der Waals surface area (Å²) in [6, 6.07) is 0. The highest BCUT2D eigenvalue weighted by molar-refractivity contribution is 7.71. The number of imidazole rings is 1. The van der Waals surface area contributed by atoms with Gasteiger partial charge in [-0.05, 0) is 25.6 Å². The number of H-pyrrole nitrogens is 2. The highest BCUT2D eigenvalue weighted by Crippen LogP contribution is 2.15. The molecule has 0 aliphatic carbocycles. The van der Waals surface area contributed by atoms with Gasteiger partial charge < -0.3 is 14.7 Å². The van der Waals surface area contributed by atoms with E-state index >= 15 is 0 Å². The van der Waals surface area contributed by atoms with Gasteiger partial charge in [0.25, 0.3) is 0 Å². The summed E-state index contributed by atoms with van der Waals surface area (Å²) in [5.74, 6) is 0. The summed E-state index contributed by atoms with van der Waals surface area (Å²) in [6.07, 6.45) is 6.35. The van der Waals surface area contributed by atoms with Crippen LogP contribution in [0.1, 0.15) is 19.0 Å². The average Bonchev–Trinajstić information content (AvgIpc) is 2.56. The lowest BCUT2D eigenvalue weighted by atomic mass is 10.1. The molecule has 0 spiro atoms. The van der Waals surface area contributed by atoms with Crippen LogP contribution < -0.4 is 0 Å². The molecule has 1 aromatic rings. The zero-order chi connectivity index (χ0) is 9.97. The van der Waals surface area contributed by atoms with Gasteiger partial charge in [0.05, 0.1) is 12.7 Å². The molecule has 1 unspecified atom stereocenters. The summed E-state index contributed by atoms with van der Waals surface area (Å²) in [5.41, 5.74) is 2.44. The molecule has 1 aromatic heterocycles. The van der Waals surface area contributed by atoms with Crippen molar-refractivity contribution in [2.75, 3.05) is 6.61 Å². The van der Waals surface area contributed by atoms with Gasteiger partial charge >= 0.3 is 0 Å². The van der Waals surface area contributed by atoms with Crippen LogP contribution in [0, 0.1) is 4.77 Å². The Kier molecular flexibility index (Phi) is 2.84. The summed E-state index contributed by atoms with van der Waals surface area (Å²) in [5, 5.41) is 0. The van der Waals surface area contributed by atoms with Crippen LogP contribution >= 0.6 is 12.2 Å². The number of hydrogen-bond acceptors (Lipinski definition) is 2. The fourth-order valence-corrected chi connectivity index (χ4v) is 1.77. The van der Waals surface area contributed by atoms with Crippen molar-refractivity contribution in [1.82, 2.24) is 9.97 Å². The highest BCUT2D eigenvalue weighted by Gasteiger charge is 2.13. The van der Waals surface area contributed by atoms with Crippen LogP contribution in [0.3, 0.4) is 0 Å². The van der Waals surface area contributed by atoms with E-state index in [0.29, 0.717) is 10.9 Å². The van der Waals surface area contributed by atoms with Gasteiger partial charge in [-0.15, -0.1) is 0 Å². The molecule has 76 valence electrons. The molecule has 2 rings (SSSR count). The zero-order valence-corrected chi connectivity index (χ0v) is 8.99. The molecule has 0 fully saturated rings. The Morgan fingerprint density at radius 1 is 1.64 bits per heavy atom. The second kappa shape index (κ2) is 4.11. The first-order valence-electron chi connectivity index (χ1n) is 4.78. The van der Waals surface area contributed by atoms with E-state index in [0.717, 1.165) is 25.1 Å². The van der Waals surface area contributed by atoms with Gasteiger partial charge in [-0.25, -0.2) is 0 Å². The van der Waals surface area contributed by atoms with E-state index in [-0.39, 0.29) is 0 Å². The quantitative estimate of drug-likeness (QED) is 0.581. The lowest BCUT2D eigenvalue weighted by molar-refractivity contribution is 0.0619. The maximum Gasteiger partial charge on any atom is 0.174 e. The van der Waals surface area contributed by atoms with Crippen molar-refractivity contribution in [3.8, 4) is 0 Å². The summed E-state index contributed by atoms with van der Waals surface area (Å²) < 4.78 is 6.35. The largest absolute Gasteiger partial charge is 0.373 e. The molecule has 1 atom stereocenters. The minimum atomic E-state index is 0.292. The molecule has 1 aliphatic heterocycles. The van der Waals surface area contributed by atoms with Gasteiger partial charge in [0.15, 0.2) is 4.77 Å². The smallest absolute Gasteiger partial charge is 0.174 e. The van der Waals surface area contributed by atoms with Gasteiger partial charge in [0.1, 0.15) is 0 Å². The van der Waals surface area contributed by atoms with Crippen molar-refractivity contribution in [2.45, 2.75) is 25.9 Å². The van der Waals surface area contributed by atoms with Crippen LogP contribution in [0.5, 0.6) is 0 Å². The monoisotopic (exact) mass is 210 g/mol. The standard InChI is InChI=1S/C10H14N2OS/c1-7-2-3-9(13-6-7)4-8-5-11-10(14)12-8/h2,5,9H,3-4,6H2,1H3,(H2,11,12,14). The lowest BCUT2D eigenvalue weighted by Crippen LogP contribution is -2.20. The van der Waals surface area contributed by atoms with Crippen LogP contribution in [0.4, 0.5) is 0 Å². The van der Waals surface area contributed by atoms with E-state index in [9.17, 15) is 0 Å². The molecule has 2 N–H and O–H groups in total. The highest BCUT2D eigenvalue weighted by atomic mass is 32.1. The number of ether oxygens (including phenoxy) is 1. The third kappa shape index (κ3) is 2.33. The Hall–Kier alpha value is -0.870. The second-order valence-electron chi connectivity index (χ2n) is 3.69. The van der Waals surface area contributed by atoms with E-state index in [2.05, 4.69) is 23.0 Å².